The Balaban J connectivity index is 2.22. The zero-order valence-corrected chi connectivity index (χ0v) is 10.9. The SMILES string of the molecule is O=[N+]([O-])c1ccc(Sc2n[nH]c(C(F)(F)F)n2)c(Cl)c1. The highest BCUT2D eigenvalue weighted by atomic mass is 35.5. The van der Waals surface area contributed by atoms with Crippen LogP contribution < -0.4 is 0 Å². The molecule has 2 rings (SSSR count). The molecule has 106 valence electrons. The molecular formula is C9H4ClF3N4O2S. The van der Waals surface area contributed by atoms with Crippen molar-refractivity contribution in [3.8, 4) is 0 Å². The van der Waals surface area contributed by atoms with E-state index in [1.54, 1.807) is 5.10 Å². The van der Waals surface area contributed by atoms with E-state index in [4.69, 9.17) is 11.6 Å². The maximum Gasteiger partial charge on any atom is 0.451 e. The summed E-state index contributed by atoms with van der Waals surface area (Å²) in [7, 11) is 0. The summed E-state index contributed by atoms with van der Waals surface area (Å²) >= 11 is 6.57. The van der Waals surface area contributed by atoms with Crippen LogP contribution in [0.15, 0.2) is 28.3 Å². The number of non-ortho nitro benzene ring substituents is 1. The van der Waals surface area contributed by atoms with Gasteiger partial charge in [0.1, 0.15) is 0 Å². The zero-order valence-electron chi connectivity index (χ0n) is 9.31. The van der Waals surface area contributed by atoms with Crippen LogP contribution in [0.25, 0.3) is 0 Å². The third-order valence-corrected chi connectivity index (χ3v) is 3.43. The predicted octanol–water partition coefficient (Wildman–Crippen LogP) is 3.54. The second-order valence-corrected chi connectivity index (χ2v) is 4.85. The number of nitro groups is 1. The Labute approximate surface area is 118 Å². The minimum Gasteiger partial charge on any atom is -0.258 e. The molecule has 0 radical (unpaired) electrons. The van der Waals surface area contributed by atoms with Gasteiger partial charge in [0.15, 0.2) is 0 Å². The lowest BCUT2D eigenvalue weighted by Crippen LogP contribution is -2.07. The van der Waals surface area contributed by atoms with E-state index in [9.17, 15) is 23.3 Å². The molecule has 20 heavy (non-hydrogen) atoms. The van der Waals surface area contributed by atoms with Gasteiger partial charge in [0, 0.05) is 17.0 Å². The van der Waals surface area contributed by atoms with Crippen molar-refractivity contribution in [3.63, 3.8) is 0 Å². The number of hydrogen-bond donors (Lipinski definition) is 1. The van der Waals surface area contributed by atoms with E-state index in [1.807, 2.05) is 0 Å². The molecule has 6 nitrogen and oxygen atoms in total. The van der Waals surface area contributed by atoms with Gasteiger partial charge in [-0.3, -0.25) is 15.2 Å². The van der Waals surface area contributed by atoms with Gasteiger partial charge in [-0.2, -0.15) is 18.2 Å². The van der Waals surface area contributed by atoms with E-state index >= 15 is 0 Å². The first-order valence-corrected chi connectivity index (χ1v) is 6.08. The van der Waals surface area contributed by atoms with Gasteiger partial charge >= 0.3 is 6.18 Å². The van der Waals surface area contributed by atoms with Gasteiger partial charge in [0.05, 0.1) is 9.95 Å². The summed E-state index contributed by atoms with van der Waals surface area (Å²) in [4.78, 5) is 13.5. The monoisotopic (exact) mass is 324 g/mol. The normalized spacial score (nSPS) is 11.6. The molecule has 0 saturated carbocycles. The standard InChI is InChI=1S/C9H4ClF3N4O2S/c10-5-3-4(17(18)19)1-2-6(5)20-8-14-7(15-16-8)9(11,12)13/h1-3H,(H,14,15,16). The van der Waals surface area contributed by atoms with Gasteiger partial charge in [-0.05, 0) is 17.8 Å². The van der Waals surface area contributed by atoms with Crippen LogP contribution >= 0.6 is 23.4 Å². The molecule has 0 aliphatic heterocycles. The number of rotatable bonds is 3. The van der Waals surface area contributed by atoms with Gasteiger partial charge in [0.2, 0.25) is 11.0 Å². The fourth-order valence-corrected chi connectivity index (χ4v) is 2.21. The van der Waals surface area contributed by atoms with E-state index in [1.165, 1.54) is 12.1 Å². The molecule has 1 aromatic carbocycles. The van der Waals surface area contributed by atoms with Gasteiger partial charge in [-0.25, -0.2) is 0 Å². The summed E-state index contributed by atoms with van der Waals surface area (Å²) in [6.07, 6.45) is -4.62. The van der Waals surface area contributed by atoms with Crippen LogP contribution in [0.5, 0.6) is 0 Å². The lowest BCUT2D eigenvalue weighted by atomic mass is 10.3. The van der Waals surface area contributed by atoms with Crippen LogP contribution in [0.4, 0.5) is 18.9 Å². The highest BCUT2D eigenvalue weighted by Gasteiger charge is 2.35. The minimum atomic E-state index is -4.62. The molecule has 0 aliphatic carbocycles. The van der Waals surface area contributed by atoms with Gasteiger partial charge in [-0.15, -0.1) is 5.10 Å². The van der Waals surface area contributed by atoms with Crippen LogP contribution in [-0.4, -0.2) is 20.1 Å². The Morgan fingerprint density at radius 3 is 2.60 bits per heavy atom. The molecule has 0 unspecified atom stereocenters. The number of aromatic nitrogens is 3. The Bertz CT molecular complexity index is 661. The number of alkyl halides is 3. The van der Waals surface area contributed by atoms with E-state index in [0.717, 1.165) is 17.8 Å². The molecule has 1 N–H and O–H groups in total. The van der Waals surface area contributed by atoms with E-state index in [2.05, 4.69) is 10.1 Å². The summed E-state index contributed by atoms with van der Waals surface area (Å²) in [5, 5.41) is 15.5. The highest BCUT2D eigenvalue weighted by molar-refractivity contribution is 7.99. The fourth-order valence-electron chi connectivity index (χ4n) is 1.20. The molecule has 0 atom stereocenters. The summed E-state index contributed by atoms with van der Waals surface area (Å²) < 4.78 is 37.0. The van der Waals surface area contributed by atoms with Crippen LogP contribution in [0.2, 0.25) is 5.02 Å². The van der Waals surface area contributed by atoms with Crippen molar-refractivity contribution in [1.82, 2.24) is 15.2 Å². The number of aromatic amines is 1. The molecule has 1 aromatic heterocycles. The van der Waals surface area contributed by atoms with Crippen molar-refractivity contribution >= 4 is 29.1 Å². The van der Waals surface area contributed by atoms with Crippen molar-refractivity contribution in [2.45, 2.75) is 16.2 Å². The van der Waals surface area contributed by atoms with Gasteiger partial charge < -0.3 is 0 Å². The Kier molecular flexibility index (Phi) is 3.86. The largest absolute Gasteiger partial charge is 0.451 e. The molecule has 11 heteroatoms. The molecule has 0 bridgehead atoms. The number of halogens is 4. The van der Waals surface area contributed by atoms with Crippen molar-refractivity contribution in [3.05, 3.63) is 39.2 Å². The van der Waals surface area contributed by atoms with Crippen LogP contribution in [0.3, 0.4) is 0 Å². The Hall–Kier alpha value is -1.81. The van der Waals surface area contributed by atoms with Gasteiger partial charge in [0.25, 0.3) is 5.69 Å². The van der Waals surface area contributed by atoms with Crippen molar-refractivity contribution in [1.29, 1.82) is 0 Å². The van der Waals surface area contributed by atoms with E-state index in [0.29, 0.717) is 4.90 Å². The third-order valence-electron chi connectivity index (χ3n) is 2.06. The molecular weight excluding hydrogens is 321 g/mol. The Morgan fingerprint density at radius 2 is 2.10 bits per heavy atom. The number of benzene rings is 1. The van der Waals surface area contributed by atoms with Crippen LogP contribution in [0.1, 0.15) is 5.82 Å². The predicted molar refractivity (Wildman–Crippen MR) is 63.6 cm³/mol. The second-order valence-electron chi connectivity index (χ2n) is 3.44. The van der Waals surface area contributed by atoms with E-state index in [-0.39, 0.29) is 15.9 Å². The molecule has 0 saturated heterocycles. The number of nitrogens with zero attached hydrogens (tertiary/aromatic N) is 3. The van der Waals surface area contributed by atoms with Crippen molar-refractivity contribution < 1.29 is 18.1 Å². The number of hydrogen-bond acceptors (Lipinski definition) is 5. The van der Waals surface area contributed by atoms with Crippen LogP contribution in [0, 0.1) is 10.1 Å². The zero-order chi connectivity index (χ0) is 14.9. The molecule has 1 heterocycles. The number of nitrogens with one attached hydrogen (secondary N) is 1. The third kappa shape index (κ3) is 3.20. The molecule has 0 amide bonds. The summed E-state index contributed by atoms with van der Waals surface area (Å²) in [5.74, 6) is -1.22. The molecule has 0 aliphatic rings. The lowest BCUT2D eigenvalue weighted by Gasteiger charge is -2.00. The molecule has 2 aromatic rings. The van der Waals surface area contributed by atoms with Gasteiger partial charge in [-0.1, -0.05) is 11.6 Å². The smallest absolute Gasteiger partial charge is 0.258 e. The van der Waals surface area contributed by atoms with Crippen molar-refractivity contribution in [2.75, 3.05) is 0 Å². The molecule has 0 spiro atoms. The number of H-pyrrole nitrogens is 1. The summed E-state index contributed by atoms with van der Waals surface area (Å²) in [5.41, 5.74) is -0.217. The second kappa shape index (κ2) is 5.29. The van der Waals surface area contributed by atoms with Crippen LogP contribution in [-0.2, 0) is 6.18 Å². The van der Waals surface area contributed by atoms with Crippen molar-refractivity contribution in [2.24, 2.45) is 0 Å². The highest BCUT2D eigenvalue weighted by Crippen LogP contribution is 2.35. The summed E-state index contributed by atoms with van der Waals surface area (Å²) in [6, 6.07) is 3.60. The maximum atomic E-state index is 12.3. The average Bonchev–Trinajstić information content (AvgIpc) is 2.80. The minimum absolute atomic E-state index is 0.0301. The quantitative estimate of drug-likeness (QED) is 0.689. The first kappa shape index (κ1) is 14.6. The topological polar surface area (TPSA) is 84.7 Å². The first-order valence-electron chi connectivity index (χ1n) is 4.89. The maximum absolute atomic E-state index is 12.3. The lowest BCUT2D eigenvalue weighted by molar-refractivity contribution is -0.384. The van der Waals surface area contributed by atoms with E-state index < -0.39 is 16.9 Å². The molecule has 0 fully saturated rings. The fraction of sp³-hybridized carbons (Fsp3) is 0.111. The Morgan fingerprint density at radius 1 is 1.40 bits per heavy atom. The first-order chi connectivity index (χ1) is 9.27. The average molecular weight is 325 g/mol. The summed E-state index contributed by atoms with van der Waals surface area (Å²) in [6.45, 7) is 0. The number of nitro benzene ring substituents is 1.